The maximum Gasteiger partial charge on any atom is 1.00 e. The molecule has 0 N–H and O–H groups in total. The van der Waals surface area contributed by atoms with Crippen LogP contribution in [0.15, 0.2) is 29.3 Å². The molecule has 0 spiro atoms. The summed E-state index contributed by atoms with van der Waals surface area (Å²) in [6, 6.07) is 4.30. The second-order valence-electron chi connectivity index (χ2n) is 6.04. The Morgan fingerprint density at radius 3 is 2.58 bits per heavy atom. The van der Waals surface area contributed by atoms with Crippen molar-refractivity contribution in [1.29, 1.82) is 0 Å². The SMILES string of the molecule is COc1ccc(-c2nc(C(C)N=CB=O)c(C(=O)[O-])s2)c2ccc(C(F)(F)F)nc12.[Li+]. The van der Waals surface area contributed by atoms with Gasteiger partial charge in [-0.05, 0) is 0 Å². The second-order valence-corrected chi connectivity index (χ2v) is 7.04. The van der Waals surface area contributed by atoms with Gasteiger partial charge in [-0.15, -0.1) is 0 Å². The number of alkyl halides is 3. The Kier molecular flexibility index (Phi) is 7.75. The molecule has 0 fully saturated rings. The van der Waals surface area contributed by atoms with Gasteiger partial charge < -0.3 is 0 Å². The number of hydrogen-bond acceptors (Lipinski definition) is 8. The zero-order valence-electron chi connectivity index (χ0n) is 16.6. The van der Waals surface area contributed by atoms with Gasteiger partial charge in [0.05, 0.1) is 0 Å². The number of thiazole rings is 1. The van der Waals surface area contributed by atoms with Crippen molar-refractivity contribution in [3.05, 3.63) is 40.5 Å². The number of methoxy groups -OCH3 is 1. The van der Waals surface area contributed by atoms with E-state index >= 15 is 0 Å². The Balaban J connectivity index is 0.00000341. The van der Waals surface area contributed by atoms with Crippen LogP contribution in [0.1, 0.15) is 34.0 Å². The van der Waals surface area contributed by atoms with Crippen molar-refractivity contribution < 1.29 is 51.4 Å². The average molecular weight is 441 g/mol. The minimum atomic E-state index is -4.64. The van der Waals surface area contributed by atoms with Gasteiger partial charge in [-0.25, -0.2) is 0 Å². The van der Waals surface area contributed by atoms with Crippen molar-refractivity contribution >= 4 is 41.5 Å². The maximum absolute atomic E-state index is 13.1. The number of carbonyl (C=O) groups is 1. The van der Waals surface area contributed by atoms with E-state index < -0.39 is 23.9 Å². The maximum atomic E-state index is 13.1. The van der Waals surface area contributed by atoms with Gasteiger partial charge in [-0.1, -0.05) is 0 Å². The van der Waals surface area contributed by atoms with E-state index in [1.165, 1.54) is 19.2 Å². The third kappa shape index (κ3) is 5.03. The number of fused-ring (bicyclic) bond motifs is 1. The number of aromatic carboxylic acids is 1. The van der Waals surface area contributed by atoms with Crippen LogP contribution in [0.3, 0.4) is 0 Å². The molecule has 2 aromatic heterocycles. The monoisotopic (exact) mass is 441 g/mol. The summed E-state index contributed by atoms with van der Waals surface area (Å²) in [5, 5.41) is 12.1. The molecule has 31 heavy (non-hydrogen) atoms. The molecule has 13 heteroatoms. The second kappa shape index (κ2) is 9.72. The first kappa shape index (κ1) is 24.7. The summed E-state index contributed by atoms with van der Waals surface area (Å²) in [6.45, 7) is 1.55. The molecule has 0 aliphatic carbocycles. The number of aromatic nitrogens is 2. The number of carbonyl (C=O) groups excluding carboxylic acids is 1. The fourth-order valence-corrected chi connectivity index (χ4v) is 3.84. The fraction of sp³-hybridized carbons (Fsp3) is 0.222. The van der Waals surface area contributed by atoms with Crippen LogP contribution in [0.5, 0.6) is 5.75 Å². The normalized spacial score (nSPS) is 12.4. The molecule has 0 saturated carbocycles. The molecule has 2 heterocycles. The fourth-order valence-electron chi connectivity index (χ4n) is 2.81. The van der Waals surface area contributed by atoms with Crippen LogP contribution in [-0.4, -0.2) is 36.3 Å². The standard InChI is InChI=1S/C18H13BF3N3O4S.Li/c1-8(23-7-19-28)13-15(17(26)27)30-16(25-13)10-3-5-11(29-2)14-9(10)4-6-12(24-14)18(20,21)22;/h3-8H,1-2H3,(H,26,27);/q;+1/p-1. The van der Waals surface area contributed by atoms with Gasteiger partial charge >= 0.3 is 178 Å². The van der Waals surface area contributed by atoms with Gasteiger partial charge in [0.1, 0.15) is 0 Å². The van der Waals surface area contributed by atoms with Crippen molar-refractivity contribution in [3.63, 3.8) is 0 Å². The van der Waals surface area contributed by atoms with Crippen molar-refractivity contribution in [1.82, 2.24) is 9.97 Å². The van der Waals surface area contributed by atoms with Gasteiger partial charge in [0, 0.05) is 0 Å². The predicted octanol–water partition coefficient (Wildman–Crippen LogP) is -0.108. The van der Waals surface area contributed by atoms with Gasteiger partial charge in [-0.3, -0.25) is 0 Å². The summed E-state index contributed by atoms with van der Waals surface area (Å²) >= 11 is 0.794. The number of rotatable bonds is 6. The quantitative estimate of drug-likeness (QED) is 0.391. The van der Waals surface area contributed by atoms with E-state index in [2.05, 4.69) is 15.0 Å². The third-order valence-electron chi connectivity index (χ3n) is 4.17. The van der Waals surface area contributed by atoms with E-state index in [1.807, 2.05) is 0 Å². The molecule has 0 radical (unpaired) electrons. The molecule has 0 bridgehead atoms. The van der Waals surface area contributed by atoms with E-state index in [1.54, 1.807) is 13.0 Å². The van der Waals surface area contributed by atoms with Crippen molar-refractivity contribution in [3.8, 4) is 16.3 Å². The van der Waals surface area contributed by atoms with Crippen LogP contribution >= 0.6 is 11.3 Å². The largest absolute Gasteiger partial charge is 1.00 e. The molecular weight excluding hydrogens is 429 g/mol. The number of carboxylic acids is 1. The number of nitrogens with zero attached hydrogens (tertiary/aromatic N) is 3. The molecule has 7 nitrogen and oxygen atoms in total. The summed E-state index contributed by atoms with van der Waals surface area (Å²) in [6.07, 6.45) is -3.66. The first-order valence-corrected chi connectivity index (χ1v) is 9.23. The van der Waals surface area contributed by atoms with Crippen molar-refractivity contribution in [2.24, 2.45) is 4.99 Å². The smallest absolute Gasteiger partial charge is 1.00 e. The third-order valence-corrected chi connectivity index (χ3v) is 5.25. The van der Waals surface area contributed by atoms with E-state index in [0.717, 1.165) is 23.5 Å². The number of hydrogen-bond donors (Lipinski definition) is 0. The molecule has 1 atom stereocenters. The summed E-state index contributed by atoms with van der Waals surface area (Å²) in [7, 11) is 1.75. The number of benzene rings is 1. The Hall–Kier alpha value is -2.55. The average Bonchev–Trinajstić information content (AvgIpc) is 3.15. The summed E-state index contributed by atoms with van der Waals surface area (Å²) in [5.41, 5.74) is -0.671. The molecule has 3 aromatic rings. The molecule has 154 valence electrons. The zero-order chi connectivity index (χ0) is 22.1. The molecular formula is C18H12BF3LiN3O4S. The Labute approximate surface area is 190 Å². The van der Waals surface area contributed by atoms with Crippen LogP contribution < -0.4 is 28.7 Å². The zero-order valence-corrected chi connectivity index (χ0v) is 17.4. The topological polar surface area (TPSA) is 105 Å². The van der Waals surface area contributed by atoms with Crippen LogP contribution in [0, 0.1) is 0 Å². The van der Waals surface area contributed by atoms with E-state index in [4.69, 9.17) is 4.74 Å². The number of aliphatic imine (C=N–C) groups is 1. The van der Waals surface area contributed by atoms with Crippen LogP contribution in [-0.2, 0) is 10.9 Å². The molecule has 0 aliphatic rings. The number of ether oxygens (including phenoxy) is 1. The molecule has 0 amide bonds. The summed E-state index contributed by atoms with van der Waals surface area (Å²) < 4.78 is 54.9. The molecule has 1 aromatic carbocycles. The predicted molar refractivity (Wildman–Crippen MR) is 102 cm³/mol. The molecule has 0 aliphatic heterocycles. The van der Waals surface area contributed by atoms with E-state index in [9.17, 15) is 27.8 Å². The molecule has 1 unspecified atom stereocenters. The number of carboxylic acid groups (broad SMARTS) is 1. The molecule has 0 saturated heterocycles. The van der Waals surface area contributed by atoms with Gasteiger partial charge in [0.25, 0.3) is 0 Å². The first-order valence-electron chi connectivity index (χ1n) is 8.41. The first-order chi connectivity index (χ1) is 14.2. The Bertz CT molecular complexity index is 1170. The van der Waals surface area contributed by atoms with E-state index in [-0.39, 0.29) is 45.7 Å². The minimum absolute atomic E-state index is 0. The minimum Gasteiger partial charge on any atom is 1.00 e. The molecule has 3 rings (SSSR count). The summed E-state index contributed by atoms with van der Waals surface area (Å²) in [4.78, 5) is 23.2. The van der Waals surface area contributed by atoms with E-state index in [0.29, 0.717) is 18.1 Å². The Morgan fingerprint density at radius 2 is 2.00 bits per heavy atom. The number of pyridine rings is 1. The van der Waals surface area contributed by atoms with Gasteiger partial charge in [0.2, 0.25) is 0 Å². The van der Waals surface area contributed by atoms with Crippen molar-refractivity contribution in [2.75, 3.05) is 7.11 Å². The van der Waals surface area contributed by atoms with Crippen molar-refractivity contribution in [2.45, 2.75) is 19.1 Å². The summed E-state index contributed by atoms with van der Waals surface area (Å²) in [5.74, 6) is -1.35. The van der Waals surface area contributed by atoms with Gasteiger partial charge in [0.15, 0.2) is 0 Å². The Morgan fingerprint density at radius 1 is 1.29 bits per heavy atom. The van der Waals surface area contributed by atoms with Crippen LogP contribution in [0.4, 0.5) is 13.2 Å². The van der Waals surface area contributed by atoms with Crippen LogP contribution in [0.25, 0.3) is 21.5 Å². The van der Waals surface area contributed by atoms with Crippen LogP contribution in [0.2, 0.25) is 0 Å². The van der Waals surface area contributed by atoms with Gasteiger partial charge in [-0.2, -0.15) is 13.2 Å². The number of halogens is 3.